The highest BCUT2D eigenvalue weighted by atomic mass is 15.2. The molecule has 3 nitrogen and oxygen atoms in total. The molecule has 0 N–H and O–H groups in total. The van der Waals surface area contributed by atoms with Crippen LogP contribution in [0, 0.1) is 0 Å². The molecule has 0 atom stereocenters. The first kappa shape index (κ1) is 9.44. The number of hydrogen-bond acceptors (Lipinski definition) is 3. The van der Waals surface area contributed by atoms with Crippen molar-refractivity contribution in [1.82, 2.24) is 9.97 Å². The molecule has 0 saturated carbocycles. The Kier molecular flexibility index (Phi) is 2.96. The van der Waals surface area contributed by atoms with Gasteiger partial charge in [-0.1, -0.05) is 13.3 Å². The maximum Gasteiger partial charge on any atom is 0.147 e. The largest absolute Gasteiger partial charge is 0.355 e. The van der Waals surface area contributed by atoms with E-state index in [4.69, 9.17) is 0 Å². The molecule has 2 heterocycles. The summed E-state index contributed by atoms with van der Waals surface area (Å²) in [6.07, 6.45) is 8.58. The van der Waals surface area contributed by atoms with Crippen LogP contribution in [0.25, 0.3) is 0 Å². The standard InChI is InChI=1S/C11H17N3/c1-2-5-10-8-13-11(9-12-10)14-6-3-4-7-14/h8-9H,2-7H2,1H3. The van der Waals surface area contributed by atoms with Crippen LogP contribution in [0.4, 0.5) is 5.82 Å². The highest BCUT2D eigenvalue weighted by Crippen LogP contribution is 2.16. The summed E-state index contributed by atoms with van der Waals surface area (Å²) in [6, 6.07) is 0. The minimum atomic E-state index is 1.04. The molecule has 2 rings (SSSR count). The van der Waals surface area contributed by atoms with Crippen molar-refractivity contribution in [3.8, 4) is 0 Å². The Labute approximate surface area is 85.2 Å². The van der Waals surface area contributed by atoms with E-state index >= 15 is 0 Å². The number of hydrogen-bond donors (Lipinski definition) is 0. The van der Waals surface area contributed by atoms with Gasteiger partial charge in [0.15, 0.2) is 0 Å². The Balaban J connectivity index is 2.05. The second-order valence-electron chi connectivity index (χ2n) is 3.81. The summed E-state index contributed by atoms with van der Waals surface area (Å²) in [4.78, 5) is 11.2. The molecule has 0 unspecified atom stereocenters. The zero-order valence-corrected chi connectivity index (χ0v) is 8.74. The van der Waals surface area contributed by atoms with Crippen molar-refractivity contribution < 1.29 is 0 Å². The quantitative estimate of drug-likeness (QED) is 0.732. The van der Waals surface area contributed by atoms with Crippen molar-refractivity contribution in [1.29, 1.82) is 0 Å². The third-order valence-corrected chi connectivity index (χ3v) is 2.63. The number of nitrogens with zero attached hydrogens (tertiary/aromatic N) is 3. The predicted molar refractivity (Wildman–Crippen MR) is 57.5 cm³/mol. The van der Waals surface area contributed by atoms with Crippen LogP contribution < -0.4 is 4.90 Å². The van der Waals surface area contributed by atoms with E-state index in [-0.39, 0.29) is 0 Å². The summed E-state index contributed by atoms with van der Waals surface area (Å²) in [5.74, 6) is 1.04. The van der Waals surface area contributed by atoms with Crippen LogP contribution in [0.3, 0.4) is 0 Å². The normalized spacial score (nSPS) is 16.2. The molecule has 0 radical (unpaired) electrons. The van der Waals surface area contributed by atoms with Crippen molar-refractivity contribution >= 4 is 5.82 Å². The van der Waals surface area contributed by atoms with Gasteiger partial charge in [0.2, 0.25) is 0 Å². The zero-order chi connectivity index (χ0) is 9.80. The van der Waals surface area contributed by atoms with Crippen LogP contribution in [0.1, 0.15) is 31.9 Å². The van der Waals surface area contributed by atoms with Gasteiger partial charge < -0.3 is 4.90 Å². The van der Waals surface area contributed by atoms with Crippen LogP contribution in [-0.4, -0.2) is 23.1 Å². The molecule has 0 aromatic carbocycles. The fraction of sp³-hybridized carbons (Fsp3) is 0.636. The van der Waals surface area contributed by atoms with Gasteiger partial charge in [-0.3, -0.25) is 4.98 Å². The Morgan fingerprint density at radius 1 is 1.21 bits per heavy atom. The molecule has 76 valence electrons. The Morgan fingerprint density at radius 2 is 2.00 bits per heavy atom. The van der Waals surface area contributed by atoms with Gasteiger partial charge in [-0.05, 0) is 19.3 Å². The molecule has 1 saturated heterocycles. The first-order valence-corrected chi connectivity index (χ1v) is 5.46. The van der Waals surface area contributed by atoms with E-state index in [2.05, 4.69) is 21.8 Å². The van der Waals surface area contributed by atoms with Gasteiger partial charge in [0.1, 0.15) is 5.82 Å². The van der Waals surface area contributed by atoms with E-state index in [9.17, 15) is 0 Å². The Bertz CT molecular complexity index is 275. The van der Waals surface area contributed by atoms with Crippen molar-refractivity contribution in [2.45, 2.75) is 32.6 Å². The molecule has 14 heavy (non-hydrogen) atoms. The maximum atomic E-state index is 4.44. The average Bonchev–Trinajstić information content (AvgIpc) is 2.72. The van der Waals surface area contributed by atoms with Gasteiger partial charge in [-0.25, -0.2) is 4.98 Å². The summed E-state index contributed by atoms with van der Waals surface area (Å²) in [7, 11) is 0. The number of aryl methyl sites for hydroxylation is 1. The van der Waals surface area contributed by atoms with Gasteiger partial charge >= 0.3 is 0 Å². The minimum absolute atomic E-state index is 1.04. The smallest absolute Gasteiger partial charge is 0.147 e. The van der Waals surface area contributed by atoms with E-state index in [1.165, 1.54) is 12.8 Å². The minimum Gasteiger partial charge on any atom is -0.355 e. The van der Waals surface area contributed by atoms with Gasteiger partial charge in [0.25, 0.3) is 0 Å². The van der Waals surface area contributed by atoms with Crippen molar-refractivity contribution in [3.05, 3.63) is 18.1 Å². The first-order chi connectivity index (χ1) is 6.90. The predicted octanol–water partition coefficient (Wildman–Crippen LogP) is 2.03. The topological polar surface area (TPSA) is 29.0 Å². The molecule has 1 aromatic heterocycles. The molecular formula is C11H17N3. The van der Waals surface area contributed by atoms with Gasteiger partial charge in [-0.2, -0.15) is 0 Å². The SMILES string of the molecule is CCCc1cnc(N2CCCC2)cn1. The van der Waals surface area contributed by atoms with E-state index in [1.54, 1.807) is 0 Å². The molecule has 0 aliphatic carbocycles. The molecule has 1 aliphatic rings. The zero-order valence-electron chi connectivity index (χ0n) is 8.74. The average molecular weight is 191 g/mol. The lowest BCUT2D eigenvalue weighted by Crippen LogP contribution is -2.19. The molecule has 3 heteroatoms. The number of aromatic nitrogens is 2. The van der Waals surface area contributed by atoms with E-state index in [0.29, 0.717) is 0 Å². The molecule has 0 bridgehead atoms. The van der Waals surface area contributed by atoms with Crippen molar-refractivity contribution in [2.75, 3.05) is 18.0 Å². The lowest BCUT2D eigenvalue weighted by molar-refractivity contribution is 0.855. The molecule has 0 spiro atoms. The second-order valence-corrected chi connectivity index (χ2v) is 3.81. The monoisotopic (exact) mass is 191 g/mol. The van der Waals surface area contributed by atoms with E-state index < -0.39 is 0 Å². The Hall–Kier alpha value is -1.12. The molecule has 1 aliphatic heterocycles. The highest BCUT2D eigenvalue weighted by molar-refractivity contribution is 5.36. The van der Waals surface area contributed by atoms with Crippen LogP contribution >= 0.6 is 0 Å². The van der Waals surface area contributed by atoms with Crippen molar-refractivity contribution in [2.24, 2.45) is 0 Å². The lowest BCUT2D eigenvalue weighted by atomic mass is 10.3. The molecular weight excluding hydrogens is 174 g/mol. The summed E-state index contributed by atoms with van der Waals surface area (Å²) < 4.78 is 0. The van der Waals surface area contributed by atoms with E-state index in [0.717, 1.165) is 37.4 Å². The van der Waals surface area contributed by atoms with Crippen LogP contribution in [0.2, 0.25) is 0 Å². The van der Waals surface area contributed by atoms with Crippen LogP contribution in [0.15, 0.2) is 12.4 Å². The number of rotatable bonds is 3. The highest BCUT2D eigenvalue weighted by Gasteiger charge is 2.13. The molecule has 0 amide bonds. The summed E-state index contributed by atoms with van der Waals surface area (Å²) in [5.41, 5.74) is 1.11. The van der Waals surface area contributed by atoms with Crippen LogP contribution in [-0.2, 0) is 6.42 Å². The van der Waals surface area contributed by atoms with Gasteiger partial charge in [0.05, 0.1) is 18.1 Å². The number of anilines is 1. The lowest BCUT2D eigenvalue weighted by Gasteiger charge is -2.15. The molecule has 1 fully saturated rings. The van der Waals surface area contributed by atoms with Crippen LogP contribution in [0.5, 0.6) is 0 Å². The van der Waals surface area contributed by atoms with E-state index in [1.807, 2.05) is 12.4 Å². The van der Waals surface area contributed by atoms with Crippen molar-refractivity contribution in [3.63, 3.8) is 0 Å². The summed E-state index contributed by atoms with van der Waals surface area (Å²) in [6.45, 7) is 4.44. The Morgan fingerprint density at radius 3 is 2.57 bits per heavy atom. The fourth-order valence-corrected chi connectivity index (χ4v) is 1.84. The second kappa shape index (κ2) is 4.40. The summed E-state index contributed by atoms with van der Waals surface area (Å²) in [5, 5.41) is 0. The third-order valence-electron chi connectivity index (χ3n) is 2.63. The molecule has 1 aromatic rings. The fourth-order valence-electron chi connectivity index (χ4n) is 1.84. The first-order valence-electron chi connectivity index (χ1n) is 5.46. The van der Waals surface area contributed by atoms with Gasteiger partial charge in [-0.15, -0.1) is 0 Å². The summed E-state index contributed by atoms with van der Waals surface area (Å²) >= 11 is 0. The third kappa shape index (κ3) is 2.03. The maximum absolute atomic E-state index is 4.44. The van der Waals surface area contributed by atoms with Gasteiger partial charge in [0, 0.05) is 13.1 Å².